The topological polar surface area (TPSA) is 100 Å². The Morgan fingerprint density at radius 2 is 1.77 bits per heavy atom. The van der Waals surface area contributed by atoms with E-state index in [-0.39, 0.29) is 6.61 Å². The van der Waals surface area contributed by atoms with Gasteiger partial charge in [-0.1, -0.05) is 25.5 Å². The normalized spacial score (nSPS) is 14.5. The summed E-state index contributed by atoms with van der Waals surface area (Å²) in [6.07, 6.45) is 0.810. The van der Waals surface area contributed by atoms with Crippen molar-refractivity contribution in [1.29, 1.82) is 0 Å². The average molecular weight is 413 g/mol. The number of rotatable bonds is 8. The fraction of sp³-hybridized carbons (Fsp3) is 0.318. The van der Waals surface area contributed by atoms with E-state index in [4.69, 9.17) is 18.9 Å². The molecule has 0 radical (unpaired) electrons. The molecule has 0 saturated carbocycles. The first-order chi connectivity index (χ1) is 14.6. The molecule has 0 aliphatic carbocycles. The molecule has 30 heavy (non-hydrogen) atoms. The molecule has 8 heteroatoms. The van der Waals surface area contributed by atoms with E-state index in [1.54, 1.807) is 48.5 Å². The summed E-state index contributed by atoms with van der Waals surface area (Å²) in [5.41, 5.74) is 0.859. The third-order valence-corrected chi connectivity index (χ3v) is 4.25. The van der Waals surface area contributed by atoms with Crippen molar-refractivity contribution in [3.63, 3.8) is 0 Å². The summed E-state index contributed by atoms with van der Waals surface area (Å²) in [4.78, 5) is 36.0. The highest BCUT2D eigenvalue weighted by Gasteiger charge is 2.29. The number of para-hydroxylation sites is 2. The zero-order valence-electron chi connectivity index (χ0n) is 16.6. The predicted octanol–water partition coefficient (Wildman–Crippen LogP) is 2.97. The van der Waals surface area contributed by atoms with Gasteiger partial charge in [-0.05, 0) is 42.8 Å². The second kappa shape index (κ2) is 10.3. The maximum atomic E-state index is 12.1. The van der Waals surface area contributed by atoms with Crippen LogP contribution >= 0.6 is 0 Å². The van der Waals surface area contributed by atoms with Crippen molar-refractivity contribution in [2.24, 2.45) is 0 Å². The van der Waals surface area contributed by atoms with E-state index in [9.17, 15) is 14.4 Å². The van der Waals surface area contributed by atoms with Crippen LogP contribution in [0.15, 0.2) is 48.5 Å². The van der Waals surface area contributed by atoms with Crippen LogP contribution in [0.3, 0.4) is 0 Å². The number of unbranched alkanes of at least 4 members (excludes halogenated alkanes) is 1. The number of carbonyl (C=O) groups excluding carboxylic acids is 3. The Bertz CT molecular complexity index is 895. The van der Waals surface area contributed by atoms with Gasteiger partial charge in [0.05, 0.1) is 12.2 Å². The van der Waals surface area contributed by atoms with Gasteiger partial charge in [0.2, 0.25) is 6.10 Å². The molecule has 1 aliphatic rings. The predicted molar refractivity (Wildman–Crippen MR) is 108 cm³/mol. The molecule has 0 bridgehead atoms. The Morgan fingerprint density at radius 1 is 1.03 bits per heavy atom. The van der Waals surface area contributed by atoms with Gasteiger partial charge in [0.25, 0.3) is 5.91 Å². The third-order valence-electron chi connectivity index (χ3n) is 4.25. The van der Waals surface area contributed by atoms with E-state index in [0.29, 0.717) is 29.4 Å². The maximum absolute atomic E-state index is 12.1. The summed E-state index contributed by atoms with van der Waals surface area (Å²) in [5, 5.41) is 2.59. The van der Waals surface area contributed by atoms with Gasteiger partial charge in [-0.15, -0.1) is 0 Å². The molecule has 1 atom stereocenters. The molecule has 8 nitrogen and oxygen atoms in total. The second-order valence-corrected chi connectivity index (χ2v) is 6.59. The molecule has 2 aromatic carbocycles. The van der Waals surface area contributed by atoms with E-state index >= 15 is 0 Å². The first kappa shape index (κ1) is 21.2. The minimum absolute atomic E-state index is 0.00723. The van der Waals surface area contributed by atoms with E-state index in [1.165, 1.54) is 0 Å². The number of anilines is 1. The smallest absolute Gasteiger partial charge is 0.351 e. The fourth-order valence-corrected chi connectivity index (χ4v) is 2.64. The lowest BCUT2D eigenvalue weighted by Gasteiger charge is -2.24. The molecule has 0 aromatic heterocycles. The molecule has 1 heterocycles. The number of ether oxygens (including phenoxy) is 4. The first-order valence-corrected chi connectivity index (χ1v) is 9.69. The number of nitrogens with one attached hydrogen (secondary N) is 1. The van der Waals surface area contributed by atoms with E-state index in [2.05, 4.69) is 5.32 Å². The molecule has 0 fully saturated rings. The maximum Gasteiger partial charge on any atom is 0.351 e. The molecule has 1 aliphatic heterocycles. The van der Waals surface area contributed by atoms with E-state index in [1.807, 2.05) is 6.92 Å². The van der Waals surface area contributed by atoms with Crippen molar-refractivity contribution in [1.82, 2.24) is 0 Å². The van der Waals surface area contributed by atoms with Crippen molar-refractivity contribution in [3.8, 4) is 11.5 Å². The second-order valence-electron chi connectivity index (χ2n) is 6.59. The van der Waals surface area contributed by atoms with Crippen LogP contribution in [0.1, 0.15) is 30.1 Å². The lowest BCUT2D eigenvalue weighted by molar-refractivity contribution is -0.156. The summed E-state index contributed by atoms with van der Waals surface area (Å²) in [5.74, 6) is -0.615. The average Bonchev–Trinajstić information content (AvgIpc) is 2.77. The molecular formula is C22H23NO7. The molecule has 3 rings (SSSR count). The van der Waals surface area contributed by atoms with Crippen LogP contribution in [0.2, 0.25) is 0 Å². The van der Waals surface area contributed by atoms with Gasteiger partial charge < -0.3 is 24.3 Å². The third kappa shape index (κ3) is 5.73. The number of hydrogen-bond donors (Lipinski definition) is 1. The molecule has 1 N–H and O–H groups in total. The van der Waals surface area contributed by atoms with E-state index < -0.39 is 30.6 Å². The molecule has 2 aromatic rings. The zero-order valence-corrected chi connectivity index (χ0v) is 16.6. The minimum atomic E-state index is -0.939. The molecule has 1 amide bonds. The number of amides is 1. The standard InChI is InChI=1S/C22H23NO7/c1-2-3-12-27-21(25)15-8-10-16(11-9-15)23-20(24)14-29-22(26)19-13-28-17-6-4-5-7-18(17)30-19/h4-11,19H,2-3,12-14H2,1H3,(H,23,24)/t19-/m0/s1. The van der Waals surface area contributed by atoms with Crippen LogP contribution in [-0.4, -0.2) is 43.8 Å². The summed E-state index contributed by atoms with van der Waals surface area (Å²) >= 11 is 0. The van der Waals surface area contributed by atoms with Gasteiger partial charge in [-0.2, -0.15) is 0 Å². The Kier molecular flexibility index (Phi) is 7.26. The van der Waals surface area contributed by atoms with Crippen LogP contribution < -0.4 is 14.8 Å². The van der Waals surface area contributed by atoms with Crippen molar-refractivity contribution in [2.75, 3.05) is 25.1 Å². The Morgan fingerprint density at radius 3 is 2.50 bits per heavy atom. The van der Waals surface area contributed by atoms with Crippen LogP contribution in [0.5, 0.6) is 11.5 Å². The van der Waals surface area contributed by atoms with Crippen LogP contribution in [-0.2, 0) is 19.1 Å². The highest BCUT2D eigenvalue weighted by molar-refractivity contribution is 5.94. The Hall–Kier alpha value is -3.55. The highest BCUT2D eigenvalue weighted by Crippen LogP contribution is 2.31. The van der Waals surface area contributed by atoms with E-state index in [0.717, 1.165) is 12.8 Å². The van der Waals surface area contributed by atoms with Crippen LogP contribution in [0.25, 0.3) is 0 Å². The number of hydrogen-bond acceptors (Lipinski definition) is 7. The highest BCUT2D eigenvalue weighted by atomic mass is 16.6. The van der Waals surface area contributed by atoms with Crippen molar-refractivity contribution < 1.29 is 33.3 Å². The largest absolute Gasteiger partial charge is 0.485 e. The Balaban J connectivity index is 1.43. The quantitative estimate of drug-likeness (QED) is 0.525. The summed E-state index contributed by atoms with van der Waals surface area (Å²) in [6.45, 7) is 1.92. The monoisotopic (exact) mass is 413 g/mol. The van der Waals surface area contributed by atoms with Crippen molar-refractivity contribution in [2.45, 2.75) is 25.9 Å². The number of fused-ring (bicyclic) bond motifs is 1. The number of carbonyl (C=O) groups is 3. The Labute approximate surface area is 174 Å². The zero-order chi connectivity index (χ0) is 21.3. The van der Waals surface area contributed by atoms with Gasteiger partial charge >= 0.3 is 11.9 Å². The molecule has 0 spiro atoms. The van der Waals surface area contributed by atoms with Crippen molar-refractivity contribution >= 4 is 23.5 Å². The van der Waals surface area contributed by atoms with Crippen LogP contribution in [0.4, 0.5) is 5.69 Å². The van der Waals surface area contributed by atoms with Crippen molar-refractivity contribution in [3.05, 3.63) is 54.1 Å². The van der Waals surface area contributed by atoms with Gasteiger partial charge in [-0.3, -0.25) is 4.79 Å². The van der Waals surface area contributed by atoms with Gasteiger partial charge in [-0.25, -0.2) is 9.59 Å². The summed E-state index contributed by atoms with van der Waals surface area (Å²) in [7, 11) is 0. The summed E-state index contributed by atoms with van der Waals surface area (Å²) < 4.78 is 21.1. The number of esters is 2. The molecule has 0 saturated heterocycles. The SMILES string of the molecule is CCCCOC(=O)c1ccc(NC(=O)COC(=O)[C@@H]2COc3ccccc3O2)cc1. The minimum Gasteiger partial charge on any atom is -0.485 e. The summed E-state index contributed by atoms with van der Waals surface area (Å²) in [6, 6.07) is 13.2. The van der Waals surface area contributed by atoms with Crippen LogP contribution in [0, 0.1) is 0 Å². The molecular weight excluding hydrogens is 390 g/mol. The lowest BCUT2D eigenvalue weighted by Crippen LogP contribution is -2.39. The van der Waals surface area contributed by atoms with Gasteiger partial charge in [0.1, 0.15) is 6.61 Å². The van der Waals surface area contributed by atoms with Gasteiger partial charge in [0.15, 0.2) is 18.1 Å². The lowest BCUT2D eigenvalue weighted by atomic mass is 10.2. The van der Waals surface area contributed by atoms with Gasteiger partial charge in [0, 0.05) is 5.69 Å². The number of benzene rings is 2. The fourth-order valence-electron chi connectivity index (χ4n) is 2.64. The molecule has 0 unspecified atom stereocenters. The molecule has 158 valence electrons. The first-order valence-electron chi connectivity index (χ1n) is 9.69.